The maximum atomic E-state index is 4.56. The van der Waals surface area contributed by atoms with Gasteiger partial charge in [-0.15, -0.1) is 0 Å². The SMILES string of the molecule is CCNC(Cc1c(Br)c(C)nn1CC)c1ccnc(C)n1. The van der Waals surface area contributed by atoms with Crippen molar-refractivity contribution in [3.63, 3.8) is 0 Å². The van der Waals surface area contributed by atoms with Crippen LogP contribution in [0.5, 0.6) is 0 Å². The van der Waals surface area contributed by atoms with Crippen molar-refractivity contribution in [2.75, 3.05) is 6.54 Å². The van der Waals surface area contributed by atoms with E-state index in [9.17, 15) is 0 Å². The molecule has 0 amide bonds. The van der Waals surface area contributed by atoms with Gasteiger partial charge < -0.3 is 5.32 Å². The number of rotatable bonds is 6. The Bertz CT molecular complexity index is 608. The summed E-state index contributed by atoms with van der Waals surface area (Å²) < 4.78 is 3.15. The first-order chi connectivity index (χ1) is 10.1. The number of hydrogen-bond donors (Lipinski definition) is 1. The molecule has 114 valence electrons. The predicted molar refractivity (Wildman–Crippen MR) is 87.2 cm³/mol. The monoisotopic (exact) mass is 351 g/mol. The summed E-state index contributed by atoms with van der Waals surface area (Å²) in [4.78, 5) is 8.74. The number of nitrogens with zero attached hydrogens (tertiary/aromatic N) is 4. The molecule has 0 aliphatic heterocycles. The largest absolute Gasteiger partial charge is 0.309 e. The average Bonchev–Trinajstić information content (AvgIpc) is 2.74. The Labute approximate surface area is 134 Å². The zero-order valence-corrected chi connectivity index (χ0v) is 14.6. The standard InChI is InChI=1S/C15H22BrN5/c1-5-17-13(12-7-8-18-11(4)19-12)9-14-15(16)10(3)20-21(14)6-2/h7-8,13,17H,5-6,9H2,1-4H3. The third kappa shape index (κ3) is 3.68. The van der Waals surface area contributed by atoms with Crippen LogP contribution in [0.3, 0.4) is 0 Å². The van der Waals surface area contributed by atoms with E-state index in [1.54, 1.807) is 0 Å². The molecule has 5 nitrogen and oxygen atoms in total. The molecule has 0 aliphatic carbocycles. The van der Waals surface area contributed by atoms with Crippen LogP contribution in [0.4, 0.5) is 0 Å². The van der Waals surface area contributed by atoms with Crippen LogP contribution in [0.15, 0.2) is 16.7 Å². The molecule has 2 rings (SSSR count). The van der Waals surface area contributed by atoms with E-state index in [1.807, 2.05) is 26.1 Å². The van der Waals surface area contributed by atoms with Crippen molar-refractivity contribution in [3.8, 4) is 0 Å². The van der Waals surface area contributed by atoms with E-state index in [4.69, 9.17) is 0 Å². The summed E-state index contributed by atoms with van der Waals surface area (Å²) in [6.07, 6.45) is 2.67. The molecule has 1 unspecified atom stereocenters. The molecule has 21 heavy (non-hydrogen) atoms. The molecular formula is C15H22BrN5. The summed E-state index contributed by atoms with van der Waals surface area (Å²) in [5.74, 6) is 0.801. The Morgan fingerprint density at radius 2 is 2.10 bits per heavy atom. The summed E-state index contributed by atoms with van der Waals surface area (Å²) in [6.45, 7) is 9.92. The highest BCUT2D eigenvalue weighted by molar-refractivity contribution is 9.10. The van der Waals surface area contributed by atoms with Crippen molar-refractivity contribution in [1.29, 1.82) is 0 Å². The molecule has 0 spiro atoms. The summed E-state index contributed by atoms with van der Waals surface area (Å²) in [5, 5.41) is 8.07. The zero-order chi connectivity index (χ0) is 15.4. The Balaban J connectivity index is 2.32. The minimum Gasteiger partial charge on any atom is -0.309 e. The van der Waals surface area contributed by atoms with Crippen molar-refractivity contribution in [2.45, 2.75) is 46.7 Å². The Kier molecular flexibility index (Phi) is 5.47. The third-order valence-corrected chi connectivity index (χ3v) is 4.49. The molecule has 1 N–H and O–H groups in total. The van der Waals surface area contributed by atoms with Crippen LogP contribution in [-0.2, 0) is 13.0 Å². The smallest absolute Gasteiger partial charge is 0.125 e. The van der Waals surface area contributed by atoms with Gasteiger partial charge in [-0.05, 0) is 49.3 Å². The van der Waals surface area contributed by atoms with Gasteiger partial charge in [-0.25, -0.2) is 9.97 Å². The Morgan fingerprint density at radius 1 is 1.33 bits per heavy atom. The maximum absolute atomic E-state index is 4.56. The van der Waals surface area contributed by atoms with Crippen molar-refractivity contribution in [2.24, 2.45) is 0 Å². The molecular weight excluding hydrogens is 330 g/mol. The molecule has 0 saturated heterocycles. The second kappa shape index (κ2) is 7.13. The lowest BCUT2D eigenvalue weighted by molar-refractivity contribution is 0.504. The van der Waals surface area contributed by atoms with Crippen LogP contribution >= 0.6 is 15.9 Å². The molecule has 2 heterocycles. The minimum absolute atomic E-state index is 0.161. The van der Waals surface area contributed by atoms with Crippen molar-refractivity contribution < 1.29 is 0 Å². The number of likely N-dealkylation sites (N-methyl/N-ethyl adjacent to an activating group) is 1. The number of aromatic nitrogens is 4. The number of hydrogen-bond acceptors (Lipinski definition) is 4. The van der Waals surface area contributed by atoms with Gasteiger partial charge in [0.05, 0.1) is 27.6 Å². The molecule has 2 aromatic heterocycles. The fourth-order valence-electron chi connectivity index (χ4n) is 2.45. The van der Waals surface area contributed by atoms with Crippen LogP contribution in [0.25, 0.3) is 0 Å². The third-order valence-electron chi connectivity index (χ3n) is 3.46. The molecule has 0 fully saturated rings. The fraction of sp³-hybridized carbons (Fsp3) is 0.533. The van der Waals surface area contributed by atoms with Crippen LogP contribution in [-0.4, -0.2) is 26.3 Å². The van der Waals surface area contributed by atoms with E-state index >= 15 is 0 Å². The second-order valence-corrected chi connectivity index (χ2v) is 5.80. The number of nitrogens with one attached hydrogen (secondary N) is 1. The lowest BCUT2D eigenvalue weighted by Crippen LogP contribution is -2.25. The van der Waals surface area contributed by atoms with Crippen molar-refractivity contribution >= 4 is 15.9 Å². The van der Waals surface area contributed by atoms with E-state index in [1.165, 1.54) is 5.69 Å². The molecule has 0 aliphatic rings. The topological polar surface area (TPSA) is 55.6 Å². The second-order valence-electron chi connectivity index (χ2n) is 5.00. The molecule has 0 aromatic carbocycles. The first kappa shape index (κ1) is 16.1. The van der Waals surface area contributed by atoms with Crippen LogP contribution in [0, 0.1) is 13.8 Å². The van der Waals surface area contributed by atoms with Crippen LogP contribution in [0.1, 0.15) is 42.8 Å². The van der Waals surface area contributed by atoms with Gasteiger partial charge in [-0.3, -0.25) is 4.68 Å². The highest BCUT2D eigenvalue weighted by Gasteiger charge is 2.19. The molecule has 0 radical (unpaired) electrons. The Morgan fingerprint density at radius 3 is 2.71 bits per heavy atom. The van der Waals surface area contributed by atoms with Crippen molar-refractivity contribution in [3.05, 3.63) is 39.6 Å². The predicted octanol–water partition coefficient (Wildman–Crippen LogP) is 2.97. The number of halogens is 1. The minimum atomic E-state index is 0.161. The first-order valence-corrected chi connectivity index (χ1v) is 8.10. The van der Waals surface area contributed by atoms with Gasteiger partial charge >= 0.3 is 0 Å². The van der Waals surface area contributed by atoms with Gasteiger partial charge in [0.1, 0.15) is 5.82 Å². The van der Waals surface area contributed by atoms with Gasteiger partial charge in [-0.2, -0.15) is 5.10 Å². The fourth-order valence-corrected chi connectivity index (χ4v) is 2.90. The summed E-state index contributed by atoms with van der Waals surface area (Å²) in [5.41, 5.74) is 3.26. The Hall–Kier alpha value is -1.27. The van der Waals surface area contributed by atoms with Gasteiger partial charge in [0, 0.05) is 19.2 Å². The molecule has 1 atom stereocenters. The van der Waals surface area contributed by atoms with Gasteiger partial charge in [0.2, 0.25) is 0 Å². The van der Waals surface area contributed by atoms with E-state index in [2.05, 4.69) is 54.8 Å². The van der Waals surface area contributed by atoms with Crippen molar-refractivity contribution in [1.82, 2.24) is 25.1 Å². The molecule has 0 bridgehead atoms. The van der Waals surface area contributed by atoms with E-state index in [0.29, 0.717) is 0 Å². The van der Waals surface area contributed by atoms with E-state index in [0.717, 1.165) is 41.2 Å². The lowest BCUT2D eigenvalue weighted by Gasteiger charge is -2.18. The molecule has 6 heteroatoms. The lowest BCUT2D eigenvalue weighted by atomic mass is 10.1. The summed E-state index contributed by atoms with van der Waals surface area (Å²) in [6, 6.07) is 2.14. The van der Waals surface area contributed by atoms with Crippen LogP contribution in [0.2, 0.25) is 0 Å². The van der Waals surface area contributed by atoms with Gasteiger partial charge in [-0.1, -0.05) is 6.92 Å². The summed E-state index contributed by atoms with van der Waals surface area (Å²) in [7, 11) is 0. The van der Waals surface area contributed by atoms with E-state index < -0.39 is 0 Å². The summed E-state index contributed by atoms with van der Waals surface area (Å²) >= 11 is 3.66. The zero-order valence-electron chi connectivity index (χ0n) is 13.0. The average molecular weight is 352 g/mol. The maximum Gasteiger partial charge on any atom is 0.125 e. The highest BCUT2D eigenvalue weighted by Crippen LogP contribution is 2.26. The van der Waals surface area contributed by atoms with E-state index in [-0.39, 0.29) is 6.04 Å². The van der Waals surface area contributed by atoms with Gasteiger partial charge in [0.15, 0.2) is 0 Å². The number of aryl methyl sites for hydroxylation is 3. The molecule has 0 saturated carbocycles. The van der Waals surface area contributed by atoms with Gasteiger partial charge in [0.25, 0.3) is 0 Å². The van der Waals surface area contributed by atoms with Crippen LogP contribution < -0.4 is 5.32 Å². The highest BCUT2D eigenvalue weighted by atomic mass is 79.9. The normalized spacial score (nSPS) is 12.6. The quantitative estimate of drug-likeness (QED) is 0.869. The first-order valence-electron chi connectivity index (χ1n) is 7.31. The molecule has 2 aromatic rings.